The molecule has 0 aromatic rings. The van der Waals surface area contributed by atoms with Crippen LogP contribution < -0.4 is 0 Å². The first-order valence-corrected chi connectivity index (χ1v) is 9.00. The van der Waals surface area contributed by atoms with Crippen LogP contribution in [0.5, 0.6) is 0 Å². The van der Waals surface area contributed by atoms with E-state index in [1.165, 1.54) is 0 Å². The Bertz CT molecular complexity index is 344. The molecule has 0 rings (SSSR count). The Balaban J connectivity index is -0.0000000400. The minimum atomic E-state index is -4.33. The Morgan fingerprint density at radius 2 is 0.529 bits per heavy atom. The fourth-order valence-corrected chi connectivity index (χ4v) is 0. The van der Waals surface area contributed by atoms with Gasteiger partial charge in [0.1, 0.15) is 0 Å². The molecule has 0 unspecified atom stereocenters. The normalized spacial score (nSPS) is 10.2. The fourth-order valence-electron chi connectivity index (χ4n) is 0. The molecule has 2 radical (unpaired) electrons. The van der Waals surface area contributed by atoms with Crippen LogP contribution in [0.4, 0.5) is 0 Å². The first kappa shape index (κ1) is 32.5. The van der Waals surface area contributed by atoms with Gasteiger partial charge in [-0.15, -0.1) is 27.2 Å². The zero-order valence-electron chi connectivity index (χ0n) is 7.12. The minimum absolute atomic E-state index is 0. The van der Waals surface area contributed by atoms with Crippen molar-refractivity contribution in [2.75, 3.05) is 0 Å². The van der Waals surface area contributed by atoms with Crippen LogP contribution in [0.1, 0.15) is 0 Å². The monoisotopic (exact) mass is 616 g/mol. The molecule has 0 heterocycles. The van der Waals surface area contributed by atoms with Crippen molar-refractivity contribution >= 4 is 60.7 Å². The second kappa shape index (κ2) is 14.6. The van der Waals surface area contributed by atoms with Gasteiger partial charge in [-0.2, -0.15) is 0 Å². The Labute approximate surface area is 180 Å². The number of rotatable bonds is 0. The number of hydrogen-bond acceptors (Lipinski definition) is 12. The van der Waals surface area contributed by atoms with Crippen molar-refractivity contribution in [3.05, 3.63) is 0 Å². The average Bonchev–Trinajstić information content (AvgIpc) is 1.41. The first-order chi connectivity index (χ1) is 6.00. The largest absolute Gasteiger partial charge is 3.00 e. The predicted molar refractivity (Wildman–Crippen MR) is 51.2 cm³/mol. The molecule has 0 saturated heterocycles. The molecular formula is Ce2O9S6. The maximum absolute atomic E-state index is 8.89. The molecule has 0 aliphatic heterocycles. The molecule has 0 bridgehead atoms. The summed E-state index contributed by atoms with van der Waals surface area (Å²) in [7, 11) is -13.0. The van der Waals surface area contributed by atoms with Crippen LogP contribution >= 0.6 is 0 Å². The van der Waals surface area contributed by atoms with Crippen LogP contribution in [0.25, 0.3) is 0 Å². The number of hydrogen-bond donors (Lipinski definition) is 0. The maximum atomic E-state index is 8.89. The summed E-state index contributed by atoms with van der Waals surface area (Å²) in [5.74, 6) is 0. The third-order valence-corrected chi connectivity index (χ3v) is 0. The van der Waals surface area contributed by atoms with E-state index in [9.17, 15) is 0 Å². The summed E-state index contributed by atoms with van der Waals surface area (Å²) in [6.07, 6.45) is 0. The van der Waals surface area contributed by atoms with Gasteiger partial charge in [0.05, 0.1) is 0 Å². The second-order valence-corrected chi connectivity index (χ2v) is 7.35. The van der Waals surface area contributed by atoms with E-state index in [1.54, 1.807) is 0 Å². The van der Waals surface area contributed by atoms with Crippen molar-refractivity contribution in [3.63, 3.8) is 0 Å². The zero-order valence-corrected chi connectivity index (χ0v) is 18.3. The van der Waals surface area contributed by atoms with E-state index in [0.717, 1.165) is 0 Å². The van der Waals surface area contributed by atoms with Crippen molar-refractivity contribution in [3.8, 4) is 0 Å². The van der Waals surface area contributed by atoms with E-state index in [2.05, 4.69) is 33.6 Å². The summed E-state index contributed by atoms with van der Waals surface area (Å²) >= 11 is 9.73. The zero-order chi connectivity index (χ0) is 13.5. The molecule has 0 atom stereocenters. The van der Waals surface area contributed by atoms with E-state index < -0.39 is 27.2 Å². The van der Waals surface area contributed by atoms with Gasteiger partial charge in [0.25, 0.3) is 0 Å². The Hall–Kier alpha value is 3.62. The molecular weight excluding hydrogens is 617 g/mol. The van der Waals surface area contributed by atoms with Crippen LogP contribution in [-0.4, -0.2) is 39.9 Å². The van der Waals surface area contributed by atoms with Crippen molar-refractivity contribution in [2.24, 2.45) is 0 Å². The van der Waals surface area contributed by atoms with Gasteiger partial charge in [0, 0.05) is 0 Å². The Morgan fingerprint density at radius 3 is 0.529 bits per heavy atom. The van der Waals surface area contributed by atoms with E-state index >= 15 is 0 Å². The van der Waals surface area contributed by atoms with Crippen LogP contribution in [-0.2, 0) is 60.7 Å². The van der Waals surface area contributed by atoms with Crippen molar-refractivity contribution < 1.29 is 123 Å². The maximum Gasteiger partial charge on any atom is 3.00 e. The quantitative estimate of drug-likeness (QED) is 0.268. The van der Waals surface area contributed by atoms with Gasteiger partial charge in [-0.25, -0.2) is 0 Å². The van der Waals surface area contributed by atoms with E-state index in [4.69, 9.17) is 39.9 Å². The van der Waals surface area contributed by atoms with Crippen molar-refractivity contribution in [2.45, 2.75) is 0 Å². The molecule has 17 heteroatoms. The minimum Gasteiger partial charge on any atom is -0.780 e. The van der Waals surface area contributed by atoms with Crippen LogP contribution in [0.3, 0.4) is 0 Å². The SMILES string of the molecule is O=S([O-])([O-])=S.O=S([O-])([O-])=S.O=S([O-])([O-])=S.[Ce+3].[Ce+3]. The molecule has 0 spiro atoms. The van der Waals surface area contributed by atoms with Gasteiger partial charge in [-0.3, -0.25) is 12.6 Å². The molecule has 0 amide bonds. The molecule has 17 heavy (non-hydrogen) atoms. The molecule has 0 fully saturated rings. The predicted octanol–water partition coefficient (Wildman–Crippen LogP) is -3.02. The summed E-state index contributed by atoms with van der Waals surface area (Å²) in [6, 6.07) is 0. The molecule has 0 aliphatic carbocycles. The first-order valence-electron chi connectivity index (χ1n) is 2.00. The van der Waals surface area contributed by atoms with Crippen LogP contribution in [0.2, 0.25) is 0 Å². The molecule has 0 saturated carbocycles. The molecule has 98 valence electrons. The molecule has 0 aromatic carbocycles. The smallest absolute Gasteiger partial charge is 0.780 e. The van der Waals surface area contributed by atoms with E-state index in [0.29, 0.717) is 0 Å². The summed E-state index contributed by atoms with van der Waals surface area (Å²) in [6.45, 7) is 0. The van der Waals surface area contributed by atoms with Gasteiger partial charge < -0.3 is 27.3 Å². The standard InChI is InChI=1S/2Ce.3H2O3S2/c;;3*1-5(2,3)4/h;;3*(H2,1,2,3,4)/q2*+3;;;/p-6. The van der Waals surface area contributed by atoms with Gasteiger partial charge in [-0.05, 0) is 33.6 Å². The molecule has 0 N–H and O–H groups in total. The van der Waals surface area contributed by atoms with Gasteiger partial charge >= 0.3 is 83.5 Å². The summed E-state index contributed by atoms with van der Waals surface area (Å²) in [4.78, 5) is 0. The average molecular weight is 617 g/mol. The molecule has 0 aliphatic rings. The second-order valence-electron chi connectivity index (χ2n) is 1.22. The van der Waals surface area contributed by atoms with Crippen LogP contribution in [0, 0.1) is 83.5 Å². The van der Waals surface area contributed by atoms with E-state index in [1.807, 2.05) is 0 Å². The summed E-state index contributed by atoms with van der Waals surface area (Å²) in [5, 5.41) is 0. The molecule has 0 aromatic heterocycles. The topological polar surface area (TPSA) is 190 Å². The van der Waals surface area contributed by atoms with E-state index in [-0.39, 0.29) is 83.5 Å². The van der Waals surface area contributed by atoms with Gasteiger partial charge in [0.15, 0.2) is 0 Å². The van der Waals surface area contributed by atoms with Crippen molar-refractivity contribution in [1.82, 2.24) is 0 Å². The summed E-state index contributed by atoms with van der Waals surface area (Å²) in [5.41, 5.74) is 0. The van der Waals surface area contributed by atoms with Crippen molar-refractivity contribution in [1.29, 1.82) is 0 Å². The fraction of sp³-hybridized carbons (Fsp3) is 0. The Kier molecular flexibility index (Phi) is 27.9. The van der Waals surface area contributed by atoms with Gasteiger partial charge in [0.2, 0.25) is 0 Å². The summed E-state index contributed by atoms with van der Waals surface area (Å²) < 4.78 is 80.0. The van der Waals surface area contributed by atoms with Crippen LogP contribution in [0.15, 0.2) is 0 Å². The Morgan fingerprint density at radius 1 is 0.529 bits per heavy atom. The third-order valence-electron chi connectivity index (χ3n) is 0. The van der Waals surface area contributed by atoms with Gasteiger partial charge in [-0.1, -0.05) is 0 Å². The molecule has 9 nitrogen and oxygen atoms in total. The third kappa shape index (κ3) is 464.